The third-order valence-corrected chi connectivity index (χ3v) is 2.70. The van der Waals surface area contributed by atoms with Crippen molar-refractivity contribution in [2.45, 2.75) is 6.92 Å². The van der Waals surface area contributed by atoms with Crippen LogP contribution >= 0.6 is 23.2 Å². The van der Waals surface area contributed by atoms with Crippen LogP contribution in [0.5, 0.6) is 0 Å². The van der Waals surface area contributed by atoms with Gasteiger partial charge in [-0.3, -0.25) is 0 Å². The van der Waals surface area contributed by atoms with Crippen molar-refractivity contribution in [3.63, 3.8) is 0 Å². The molecule has 84 valence electrons. The molecule has 2 rings (SSSR count). The number of hydrogen-bond acceptors (Lipinski definition) is 0. The fourth-order valence-electron chi connectivity index (χ4n) is 1.41. The quantitative estimate of drug-likeness (QED) is 0.603. The van der Waals surface area contributed by atoms with Gasteiger partial charge in [-0.1, -0.05) is 52.7 Å². The number of rotatable bonds is 0. The Morgan fingerprint density at radius 1 is 0.765 bits per heavy atom. The van der Waals surface area contributed by atoms with Crippen LogP contribution in [0.25, 0.3) is 0 Å². The lowest BCUT2D eigenvalue weighted by molar-refractivity contribution is 1.46. The van der Waals surface area contributed by atoms with E-state index in [1.807, 2.05) is 31.2 Å². The molecule has 2 aromatic carbocycles. The summed E-state index contributed by atoms with van der Waals surface area (Å²) in [6.45, 7) is 2.05. The zero-order valence-corrected chi connectivity index (χ0v) is 10.8. The van der Waals surface area contributed by atoms with Crippen LogP contribution < -0.4 is 0 Å². The summed E-state index contributed by atoms with van der Waals surface area (Å²) in [6, 6.07) is 13.4. The van der Waals surface area contributed by atoms with Crippen LogP contribution in [0.4, 0.5) is 0 Å². The summed E-state index contributed by atoms with van der Waals surface area (Å²) in [7, 11) is 0. The molecule has 0 N–H and O–H groups in total. The van der Waals surface area contributed by atoms with E-state index in [0.29, 0.717) is 10.0 Å². The molecule has 0 fully saturated rings. The Labute approximate surface area is 111 Å². The zero-order chi connectivity index (χ0) is 12.3. The number of halogens is 2. The monoisotopic (exact) mass is 260 g/mol. The van der Waals surface area contributed by atoms with E-state index < -0.39 is 0 Å². The summed E-state index contributed by atoms with van der Waals surface area (Å²) in [4.78, 5) is 0. The maximum absolute atomic E-state index is 5.90. The molecule has 0 aromatic heterocycles. The zero-order valence-electron chi connectivity index (χ0n) is 9.30. The molecule has 0 saturated carbocycles. The lowest BCUT2D eigenvalue weighted by Gasteiger charge is -1.95. The minimum atomic E-state index is 0.603. The Morgan fingerprint density at radius 3 is 1.88 bits per heavy atom. The van der Waals surface area contributed by atoms with Gasteiger partial charge in [-0.05, 0) is 37.3 Å². The highest BCUT2D eigenvalue weighted by Crippen LogP contribution is 2.18. The second-order valence-electron chi connectivity index (χ2n) is 3.77. The van der Waals surface area contributed by atoms with Gasteiger partial charge in [0.2, 0.25) is 0 Å². The standard InChI is InChI=1S/C15H10Cl2/c1-11-2-4-12(5-3-11)6-7-13-8-14(16)10-15(17)9-13/h2-5,8-10H,1H3. The molecule has 0 bridgehead atoms. The van der Waals surface area contributed by atoms with Crippen molar-refractivity contribution in [2.24, 2.45) is 0 Å². The fourth-order valence-corrected chi connectivity index (χ4v) is 1.93. The molecular formula is C15H10Cl2. The van der Waals surface area contributed by atoms with Crippen molar-refractivity contribution in [3.8, 4) is 11.8 Å². The van der Waals surface area contributed by atoms with Crippen LogP contribution in [-0.4, -0.2) is 0 Å². The van der Waals surface area contributed by atoms with Gasteiger partial charge in [-0.2, -0.15) is 0 Å². The summed E-state index contributed by atoms with van der Waals surface area (Å²) in [5, 5.41) is 1.21. The third kappa shape index (κ3) is 3.53. The van der Waals surface area contributed by atoms with Crippen molar-refractivity contribution in [3.05, 3.63) is 69.2 Å². The van der Waals surface area contributed by atoms with Gasteiger partial charge >= 0.3 is 0 Å². The van der Waals surface area contributed by atoms with E-state index in [-0.39, 0.29) is 0 Å². The summed E-state index contributed by atoms with van der Waals surface area (Å²) < 4.78 is 0. The second-order valence-corrected chi connectivity index (χ2v) is 4.65. The Balaban J connectivity index is 2.29. The van der Waals surface area contributed by atoms with Gasteiger partial charge in [0.1, 0.15) is 0 Å². The predicted octanol–water partition coefficient (Wildman–Crippen LogP) is 4.70. The Hall–Kier alpha value is -1.42. The van der Waals surface area contributed by atoms with Crippen LogP contribution in [0.3, 0.4) is 0 Å². The molecule has 2 heteroatoms. The molecule has 0 aliphatic heterocycles. The minimum Gasteiger partial charge on any atom is -0.0842 e. The second kappa shape index (κ2) is 5.27. The third-order valence-electron chi connectivity index (χ3n) is 2.27. The first-order valence-corrected chi connectivity index (χ1v) is 5.94. The van der Waals surface area contributed by atoms with E-state index in [9.17, 15) is 0 Å². The highest BCUT2D eigenvalue weighted by Gasteiger charge is 1.94. The van der Waals surface area contributed by atoms with Gasteiger partial charge in [-0.15, -0.1) is 0 Å². The van der Waals surface area contributed by atoms with E-state index in [1.165, 1.54) is 5.56 Å². The average molecular weight is 261 g/mol. The fraction of sp³-hybridized carbons (Fsp3) is 0.0667. The number of aryl methyl sites for hydroxylation is 1. The molecular weight excluding hydrogens is 251 g/mol. The maximum atomic E-state index is 5.90. The molecule has 2 aromatic rings. The van der Waals surface area contributed by atoms with Gasteiger partial charge in [0, 0.05) is 21.2 Å². The van der Waals surface area contributed by atoms with E-state index in [4.69, 9.17) is 23.2 Å². The molecule has 0 nitrogen and oxygen atoms in total. The van der Waals surface area contributed by atoms with E-state index in [2.05, 4.69) is 11.8 Å². The summed E-state index contributed by atoms with van der Waals surface area (Å²) >= 11 is 11.8. The van der Waals surface area contributed by atoms with E-state index in [0.717, 1.165) is 11.1 Å². The molecule has 0 aliphatic carbocycles. The molecule has 0 amide bonds. The predicted molar refractivity (Wildman–Crippen MR) is 73.6 cm³/mol. The van der Waals surface area contributed by atoms with Crippen LogP contribution in [0.2, 0.25) is 10.0 Å². The molecule has 0 unspecified atom stereocenters. The highest BCUT2D eigenvalue weighted by molar-refractivity contribution is 6.34. The van der Waals surface area contributed by atoms with Crippen molar-refractivity contribution in [1.29, 1.82) is 0 Å². The SMILES string of the molecule is Cc1ccc(C#Cc2cc(Cl)cc(Cl)c2)cc1. The van der Waals surface area contributed by atoms with Crippen LogP contribution in [0.1, 0.15) is 16.7 Å². The molecule has 0 radical (unpaired) electrons. The van der Waals surface area contributed by atoms with Gasteiger partial charge in [0.25, 0.3) is 0 Å². The van der Waals surface area contributed by atoms with Crippen molar-refractivity contribution in [1.82, 2.24) is 0 Å². The van der Waals surface area contributed by atoms with Gasteiger partial charge in [0.15, 0.2) is 0 Å². The lowest BCUT2D eigenvalue weighted by atomic mass is 10.1. The number of hydrogen-bond donors (Lipinski definition) is 0. The Bertz CT molecular complexity index is 566. The lowest BCUT2D eigenvalue weighted by Crippen LogP contribution is -1.78. The molecule has 0 heterocycles. The molecule has 17 heavy (non-hydrogen) atoms. The highest BCUT2D eigenvalue weighted by atomic mass is 35.5. The van der Waals surface area contributed by atoms with Crippen LogP contribution in [-0.2, 0) is 0 Å². The van der Waals surface area contributed by atoms with Gasteiger partial charge < -0.3 is 0 Å². The smallest absolute Gasteiger partial charge is 0.0433 e. The largest absolute Gasteiger partial charge is 0.0842 e. The van der Waals surface area contributed by atoms with Crippen LogP contribution in [0.15, 0.2) is 42.5 Å². The number of benzene rings is 2. The average Bonchev–Trinajstić information content (AvgIpc) is 2.27. The Morgan fingerprint density at radius 2 is 1.29 bits per heavy atom. The van der Waals surface area contributed by atoms with Crippen molar-refractivity contribution >= 4 is 23.2 Å². The normalized spacial score (nSPS) is 9.59. The topological polar surface area (TPSA) is 0 Å². The van der Waals surface area contributed by atoms with Crippen LogP contribution in [0, 0.1) is 18.8 Å². The first-order chi connectivity index (χ1) is 8.13. The Kier molecular flexibility index (Phi) is 3.74. The van der Waals surface area contributed by atoms with E-state index in [1.54, 1.807) is 18.2 Å². The van der Waals surface area contributed by atoms with E-state index >= 15 is 0 Å². The minimum absolute atomic E-state index is 0.603. The summed E-state index contributed by atoms with van der Waals surface area (Å²) in [6.07, 6.45) is 0. The summed E-state index contributed by atoms with van der Waals surface area (Å²) in [5.41, 5.74) is 3.02. The maximum Gasteiger partial charge on any atom is 0.0433 e. The molecule has 0 saturated heterocycles. The van der Waals surface area contributed by atoms with Crippen molar-refractivity contribution < 1.29 is 0 Å². The first kappa shape index (κ1) is 12.0. The molecule has 0 atom stereocenters. The van der Waals surface area contributed by atoms with Gasteiger partial charge in [-0.25, -0.2) is 0 Å². The molecule has 0 aliphatic rings. The van der Waals surface area contributed by atoms with Gasteiger partial charge in [0.05, 0.1) is 0 Å². The molecule has 0 spiro atoms. The summed E-state index contributed by atoms with van der Waals surface area (Å²) in [5.74, 6) is 6.12. The first-order valence-electron chi connectivity index (χ1n) is 5.18. The van der Waals surface area contributed by atoms with Crippen molar-refractivity contribution in [2.75, 3.05) is 0 Å².